The zero-order valence-corrected chi connectivity index (χ0v) is 28.6. The molecule has 47 heavy (non-hydrogen) atoms. The van der Waals surface area contributed by atoms with Crippen LogP contribution >= 0.6 is 0 Å². The summed E-state index contributed by atoms with van der Waals surface area (Å²) in [5.74, 6) is -2.02. The number of aromatic nitrogens is 4. The van der Waals surface area contributed by atoms with Crippen molar-refractivity contribution in [2.75, 3.05) is 33.0 Å². The van der Waals surface area contributed by atoms with Gasteiger partial charge in [0.25, 0.3) is 0 Å². The van der Waals surface area contributed by atoms with E-state index in [-0.39, 0.29) is 35.8 Å². The Morgan fingerprint density at radius 2 is 1.36 bits per heavy atom. The van der Waals surface area contributed by atoms with Gasteiger partial charge in [-0.3, -0.25) is 4.79 Å². The fourth-order valence-electron chi connectivity index (χ4n) is 5.04. The van der Waals surface area contributed by atoms with Crippen molar-refractivity contribution in [1.82, 2.24) is 19.3 Å². The van der Waals surface area contributed by atoms with Crippen molar-refractivity contribution in [2.45, 2.75) is 117 Å². The molecule has 0 bridgehead atoms. The number of hydrogen-bond donors (Lipinski definition) is 4. The molecular weight excluding hydrogens is 612 g/mol. The lowest BCUT2D eigenvalue weighted by molar-refractivity contribution is -0.283. The molecule has 14 nitrogen and oxygen atoms in total. The third-order valence-corrected chi connectivity index (χ3v) is 8.08. The van der Waals surface area contributed by atoms with Crippen LogP contribution in [0.2, 0.25) is 0 Å². The van der Waals surface area contributed by atoms with Gasteiger partial charge in [-0.2, -0.15) is 4.98 Å². The fraction of sp³-hybridized carbons (Fsp3) is 0.697. The largest absolute Gasteiger partial charge is 0.491 e. The first-order valence-electron chi connectivity index (χ1n) is 16.7. The Kier molecular flexibility index (Phi) is 14.4. The van der Waals surface area contributed by atoms with E-state index in [0.29, 0.717) is 54.3 Å². The third-order valence-electron chi connectivity index (χ3n) is 8.08. The maximum absolute atomic E-state index is 13.9. The van der Waals surface area contributed by atoms with Crippen molar-refractivity contribution in [3.05, 3.63) is 32.0 Å². The molecule has 2 aliphatic heterocycles. The van der Waals surface area contributed by atoms with Crippen LogP contribution < -0.4 is 25.6 Å². The molecule has 1 aromatic rings. The van der Waals surface area contributed by atoms with Crippen LogP contribution in [-0.4, -0.2) is 90.7 Å². The van der Waals surface area contributed by atoms with Gasteiger partial charge >= 0.3 is 11.2 Å². The van der Waals surface area contributed by atoms with Crippen molar-refractivity contribution in [3.8, 4) is 23.0 Å². The number of rotatable bonds is 21. The van der Waals surface area contributed by atoms with E-state index < -0.39 is 42.4 Å². The van der Waals surface area contributed by atoms with Gasteiger partial charge in [0.05, 0.1) is 33.0 Å². The van der Waals surface area contributed by atoms with Crippen LogP contribution in [-0.2, 0) is 11.3 Å². The summed E-state index contributed by atoms with van der Waals surface area (Å²) >= 11 is 0. The average Bonchev–Trinajstić information content (AvgIpc) is 3.05. The Balaban J connectivity index is 2.52. The average molecular weight is 665 g/mol. The number of ether oxygens (including phenoxy) is 3. The molecule has 0 fully saturated rings. The van der Waals surface area contributed by atoms with Gasteiger partial charge in [0.2, 0.25) is 5.79 Å². The first kappa shape index (κ1) is 38.2. The van der Waals surface area contributed by atoms with Crippen molar-refractivity contribution in [1.29, 1.82) is 0 Å². The smallest absolute Gasteiger partial charge is 0.386 e. The molecule has 0 aromatic heterocycles. The molecule has 14 heteroatoms. The number of aliphatic hydroxyl groups is 4. The predicted molar refractivity (Wildman–Crippen MR) is 176 cm³/mol. The number of hydrogen-bond acceptors (Lipinski definition) is 12. The van der Waals surface area contributed by atoms with E-state index in [0.717, 1.165) is 37.7 Å². The Labute approximate surface area is 275 Å². The molecular formula is C33H52N4O10. The molecule has 0 amide bonds. The predicted octanol–water partition coefficient (Wildman–Crippen LogP) is 2.48. The molecule has 3 unspecified atom stereocenters. The second kappa shape index (κ2) is 17.7. The Morgan fingerprint density at radius 3 is 1.96 bits per heavy atom. The SMILES string of the molecule is CCCCOc1c(C)c(C)c(OCCCC)c2c1nc1c(=O)n(OCCCC)c(=O)nc-1n2CC(O)(OCCCC)C(O)C(O)CO. The van der Waals surface area contributed by atoms with Gasteiger partial charge < -0.3 is 44.0 Å². The van der Waals surface area contributed by atoms with E-state index in [1.165, 1.54) is 4.57 Å². The summed E-state index contributed by atoms with van der Waals surface area (Å²) in [6.45, 7) is 10.9. The molecule has 0 aliphatic carbocycles. The van der Waals surface area contributed by atoms with Gasteiger partial charge in [-0.05, 0) is 45.1 Å². The number of benzene rings is 1. The van der Waals surface area contributed by atoms with Crippen LogP contribution in [0.1, 0.15) is 90.2 Å². The van der Waals surface area contributed by atoms with Crippen LogP contribution in [0.15, 0.2) is 9.59 Å². The normalized spacial score (nSPS) is 14.3. The molecule has 1 aromatic carbocycles. The molecule has 2 heterocycles. The van der Waals surface area contributed by atoms with Gasteiger partial charge in [0.15, 0.2) is 17.3 Å². The summed E-state index contributed by atoms with van der Waals surface area (Å²) < 4.78 is 20.3. The van der Waals surface area contributed by atoms with E-state index in [4.69, 9.17) is 24.0 Å². The van der Waals surface area contributed by atoms with Gasteiger partial charge in [-0.15, -0.1) is 0 Å². The number of fused-ring (bicyclic) bond motifs is 2. The highest BCUT2D eigenvalue weighted by atomic mass is 16.7. The highest BCUT2D eigenvalue weighted by molar-refractivity contribution is 5.92. The van der Waals surface area contributed by atoms with Crippen LogP contribution in [0.3, 0.4) is 0 Å². The maximum atomic E-state index is 13.9. The van der Waals surface area contributed by atoms with Crippen LogP contribution in [0, 0.1) is 13.8 Å². The number of nitrogens with zero attached hydrogens (tertiary/aromatic N) is 4. The summed E-state index contributed by atoms with van der Waals surface area (Å²) in [5.41, 5.74) is -0.279. The van der Waals surface area contributed by atoms with Crippen molar-refractivity contribution >= 4 is 11.0 Å². The van der Waals surface area contributed by atoms with Crippen LogP contribution in [0.25, 0.3) is 22.6 Å². The standard InChI is InChI=1S/C33H52N4O10/c1-7-11-15-44-27-21(5)22(6)28(45-16-12-8-2)26-24(27)34-25-30(35-32(42)37(31(25)41)47-18-14-10-4)36(26)20-33(43,46-17-13-9-3)29(40)23(39)19-38/h23,29,38-40,43H,7-20H2,1-6H3. The Hall–Kier alpha value is -3.30. The van der Waals surface area contributed by atoms with E-state index in [1.807, 2.05) is 41.5 Å². The summed E-state index contributed by atoms with van der Waals surface area (Å²) in [4.78, 5) is 41.6. The molecule has 0 radical (unpaired) electrons. The Bertz CT molecular complexity index is 1540. The molecule has 264 valence electrons. The van der Waals surface area contributed by atoms with E-state index in [1.54, 1.807) is 0 Å². The summed E-state index contributed by atoms with van der Waals surface area (Å²) in [5, 5.41) is 43.2. The van der Waals surface area contributed by atoms with Crippen LogP contribution in [0.5, 0.6) is 11.5 Å². The highest BCUT2D eigenvalue weighted by Crippen LogP contribution is 2.42. The molecule has 0 saturated carbocycles. The minimum Gasteiger partial charge on any atom is -0.491 e. The topological polar surface area (TPSA) is 188 Å². The van der Waals surface area contributed by atoms with Gasteiger partial charge in [0.1, 0.15) is 35.6 Å². The lowest BCUT2D eigenvalue weighted by Crippen LogP contribution is -2.55. The molecule has 0 spiro atoms. The van der Waals surface area contributed by atoms with Crippen molar-refractivity contribution in [2.24, 2.45) is 0 Å². The zero-order chi connectivity index (χ0) is 34.7. The van der Waals surface area contributed by atoms with E-state index in [2.05, 4.69) is 4.98 Å². The zero-order valence-electron chi connectivity index (χ0n) is 28.6. The minimum absolute atomic E-state index is 0.00853. The van der Waals surface area contributed by atoms with E-state index >= 15 is 0 Å². The second-order valence-corrected chi connectivity index (χ2v) is 11.8. The highest BCUT2D eigenvalue weighted by Gasteiger charge is 2.43. The fourth-order valence-corrected chi connectivity index (χ4v) is 5.04. The van der Waals surface area contributed by atoms with Crippen molar-refractivity contribution in [3.63, 3.8) is 0 Å². The molecule has 3 atom stereocenters. The first-order valence-corrected chi connectivity index (χ1v) is 16.7. The summed E-state index contributed by atoms with van der Waals surface area (Å²) in [6, 6.07) is 0. The van der Waals surface area contributed by atoms with Gasteiger partial charge in [-0.25, -0.2) is 9.78 Å². The third kappa shape index (κ3) is 8.60. The molecule has 3 rings (SSSR count). The summed E-state index contributed by atoms with van der Waals surface area (Å²) in [7, 11) is 0. The second-order valence-electron chi connectivity index (χ2n) is 11.8. The van der Waals surface area contributed by atoms with Gasteiger partial charge in [0, 0.05) is 5.56 Å². The number of aliphatic hydroxyl groups excluding tert-OH is 3. The molecule has 4 N–H and O–H groups in total. The first-order chi connectivity index (χ1) is 22.5. The quantitative estimate of drug-likeness (QED) is 0.0741. The Morgan fingerprint density at radius 1 is 0.809 bits per heavy atom. The van der Waals surface area contributed by atoms with Gasteiger partial charge in [-0.1, -0.05) is 58.1 Å². The lowest BCUT2D eigenvalue weighted by atomic mass is 10.0. The monoisotopic (exact) mass is 664 g/mol. The lowest BCUT2D eigenvalue weighted by Gasteiger charge is -2.36. The molecule has 2 aliphatic rings. The van der Waals surface area contributed by atoms with Crippen LogP contribution in [0.4, 0.5) is 0 Å². The maximum Gasteiger partial charge on any atom is 0.386 e. The van der Waals surface area contributed by atoms with E-state index in [9.17, 15) is 30.0 Å². The minimum atomic E-state index is -2.52. The van der Waals surface area contributed by atoms with Crippen molar-refractivity contribution < 1.29 is 39.5 Å². The number of unbranched alkanes of at least 4 members (excludes halogenated alkanes) is 4. The molecule has 0 saturated heterocycles. The summed E-state index contributed by atoms with van der Waals surface area (Å²) in [6.07, 6.45) is 1.97.